The summed E-state index contributed by atoms with van der Waals surface area (Å²) in [6.07, 6.45) is 2.69. The molecule has 0 saturated heterocycles. The Morgan fingerprint density at radius 1 is 1.20 bits per heavy atom. The zero-order valence-corrected chi connectivity index (χ0v) is 13.9. The number of fused-ring (bicyclic) bond motifs is 1. The minimum atomic E-state index is -3.43. The number of nitrogens with one attached hydrogen (secondary N) is 1. The van der Waals surface area contributed by atoms with E-state index >= 15 is 0 Å². The number of benzene rings is 2. The summed E-state index contributed by atoms with van der Waals surface area (Å²) in [6.45, 7) is 0. The van der Waals surface area contributed by atoms with E-state index in [0.29, 0.717) is 27.8 Å². The van der Waals surface area contributed by atoms with Crippen LogP contribution < -0.4 is 4.72 Å². The Balaban J connectivity index is 2.18. The minimum absolute atomic E-state index is 0.153. The maximum Gasteiger partial charge on any atom is 0.335 e. The van der Waals surface area contributed by atoms with Gasteiger partial charge in [-0.15, -0.1) is 0 Å². The molecule has 0 bridgehead atoms. The lowest BCUT2D eigenvalue weighted by Gasteiger charge is -2.08. The Morgan fingerprint density at radius 2 is 1.88 bits per heavy atom. The summed E-state index contributed by atoms with van der Waals surface area (Å²) < 4.78 is 27.0. The molecule has 0 aliphatic carbocycles. The van der Waals surface area contributed by atoms with Crippen LogP contribution >= 0.6 is 0 Å². The average Bonchev–Trinajstić information content (AvgIpc) is 2.91. The van der Waals surface area contributed by atoms with Crippen LogP contribution in [0, 0.1) is 11.3 Å². The van der Waals surface area contributed by atoms with E-state index in [1.807, 2.05) is 0 Å². The van der Waals surface area contributed by atoms with Crippen molar-refractivity contribution >= 4 is 32.6 Å². The maximum atomic E-state index is 11.4. The Bertz CT molecular complexity index is 1120. The number of anilines is 1. The highest BCUT2D eigenvalue weighted by molar-refractivity contribution is 7.92. The zero-order chi connectivity index (χ0) is 18.2. The summed E-state index contributed by atoms with van der Waals surface area (Å²) in [6, 6.07) is 13.2. The molecule has 1 heterocycles. The first-order chi connectivity index (χ1) is 11.8. The third-order valence-corrected chi connectivity index (χ3v) is 4.23. The van der Waals surface area contributed by atoms with Gasteiger partial charge in [-0.3, -0.25) is 4.72 Å². The molecule has 3 rings (SSSR count). The van der Waals surface area contributed by atoms with E-state index in [2.05, 4.69) is 10.8 Å². The van der Waals surface area contributed by atoms with Crippen molar-refractivity contribution in [1.29, 1.82) is 5.26 Å². The van der Waals surface area contributed by atoms with Gasteiger partial charge in [0.2, 0.25) is 10.0 Å². The van der Waals surface area contributed by atoms with Crippen molar-refractivity contribution in [3.63, 3.8) is 0 Å². The molecule has 2 aromatic carbocycles. The van der Waals surface area contributed by atoms with E-state index in [1.165, 1.54) is 12.1 Å². The molecule has 0 atom stereocenters. The Morgan fingerprint density at radius 3 is 2.44 bits per heavy atom. The second kappa shape index (κ2) is 5.96. The molecule has 0 aliphatic rings. The van der Waals surface area contributed by atoms with Crippen LogP contribution in [-0.4, -0.2) is 30.3 Å². The van der Waals surface area contributed by atoms with Crippen molar-refractivity contribution in [2.24, 2.45) is 0 Å². The number of rotatable bonds is 4. The quantitative estimate of drug-likeness (QED) is 0.747. The van der Waals surface area contributed by atoms with E-state index in [9.17, 15) is 18.5 Å². The highest BCUT2D eigenvalue weighted by Gasteiger charge is 2.12. The highest BCUT2D eigenvalue weighted by atomic mass is 32.2. The van der Waals surface area contributed by atoms with Gasteiger partial charge < -0.3 is 9.67 Å². The Hall–Kier alpha value is -3.31. The van der Waals surface area contributed by atoms with Gasteiger partial charge in [-0.1, -0.05) is 0 Å². The molecule has 0 fully saturated rings. The number of carbonyl (C=O) groups is 1. The minimum Gasteiger partial charge on any atom is -0.478 e. The first-order valence-electron chi connectivity index (χ1n) is 7.15. The van der Waals surface area contributed by atoms with Gasteiger partial charge in [0.25, 0.3) is 0 Å². The van der Waals surface area contributed by atoms with Crippen molar-refractivity contribution in [3.8, 4) is 11.8 Å². The van der Waals surface area contributed by atoms with Gasteiger partial charge in [-0.05, 0) is 42.5 Å². The number of hydrogen-bond acceptors (Lipinski definition) is 4. The van der Waals surface area contributed by atoms with Crippen LogP contribution in [0.3, 0.4) is 0 Å². The van der Waals surface area contributed by atoms with Gasteiger partial charge in [0, 0.05) is 17.3 Å². The zero-order valence-electron chi connectivity index (χ0n) is 13.1. The van der Waals surface area contributed by atoms with Gasteiger partial charge in [-0.25, -0.2) is 13.2 Å². The molecule has 0 amide bonds. The first-order valence-corrected chi connectivity index (χ1v) is 9.04. The van der Waals surface area contributed by atoms with Crippen LogP contribution in [0.2, 0.25) is 0 Å². The molecular weight excluding hydrogens is 342 g/mol. The molecular formula is C17H13N3O4S. The molecule has 8 heteroatoms. The average molecular weight is 355 g/mol. The van der Waals surface area contributed by atoms with E-state index in [4.69, 9.17) is 5.11 Å². The van der Waals surface area contributed by atoms with Crippen molar-refractivity contribution in [3.05, 3.63) is 59.8 Å². The molecule has 2 N–H and O–H groups in total. The lowest BCUT2D eigenvalue weighted by Crippen LogP contribution is -2.09. The van der Waals surface area contributed by atoms with Crippen LogP contribution in [0.25, 0.3) is 16.6 Å². The van der Waals surface area contributed by atoms with Crippen molar-refractivity contribution < 1.29 is 18.3 Å². The van der Waals surface area contributed by atoms with Gasteiger partial charge in [0.15, 0.2) is 0 Å². The Kier molecular flexibility index (Phi) is 3.94. The summed E-state index contributed by atoms with van der Waals surface area (Å²) >= 11 is 0. The van der Waals surface area contributed by atoms with E-state index < -0.39 is 16.0 Å². The van der Waals surface area contributed by atoms with Gasteiger partial charge in [0.1, 0.15) is 6.07 Å². The van der Waals surface area contributed by atoms with Crippen LogP contribution in [0.5, 0.6) is 0 Å². The molecule has 7 nitrogen and oxygen atoms in total. The molecule has 0 radical (unpaired) electrons. The number of aromatic nitrogens is 1. The van der Waals surface area contributed by atoms with E-state index in [0.717, 1.165) is 6.26 Å². The number of carboxylic acid groups (broad SMARTS) is 1. The number of sulfonamides is 1. The molecule has 0 saturated carbocycles. The largest absolute Gasteiger partial charge is 0.478 e. The number of aromatic carboxylic acids is 1. The smallest absolute Gasteiger partial charge is 0.335 e. The van der Waals surface area contributed by atoms with Crippen LogP contribution in [-0.2, 0) is 10.0 Å². The lowest BCUT2D eigenvalue weighted by molar-refractivity contribution is 0.0697. The highest BCUT2D eigenvalue weighted by Crippen LogP contribution is 2.27. The number of nitriles is 1. The van der Waals surface area contributed by atoms with Gasteiger partial charge in [0.05, 0.1) is 28.6 Å². The topological polar surface area (TPSA) is 112 Å². The summed E-state index contributed by atoms with van der Waals surface area (Å²) in [5.41, 5.74) is 2.26. The fraction of sp³-hybridized carbons (Fsp3) is 0.0588. The first kappa shape index (κ1) is 16.5. The standard InChI is InChI=1S/C17H13N3O4S/c1-25(23,24)19-13-4-7-15-12(9-18)10-20(16(15)8-13)14-5-2-11(3-6-14)17(21)22/h2-8,10,19H,1H3,(H,21,22). The third-order valence-electron chi connectivity index (χ3n) is 3.62. The fourth-order valence-electron chi connectivity index (χ4n) is 2.57. The second-order valence-electron chi connectivity index (χ2n) is 5.48. The van der Waals surface area contributed by atoms with Crippen LogP contribution in [0.4, 0.5) is 5.69 Å². The Labute approximate surface area is 143 Å². The van der Waals surface area contributed by atoms with Crippen molar-refractivity contribution in [1.82, 2.24) is 4.57 Å². The number of hydrogen-bond donors (Lipinski definition) is 2. The predicted octanol–water partition coefficient (Wildman–Crippen LogP) is 2.57. The fourth-order valence-corrected chi connectivity index (χ4v) is 3.13. The summed E-state index contributed by atoms with van der Waals surface area (Å²) in [4.78, 5) is 11.0. The summed E-state index contributed by atoms with van der Waals surface area (Å²) in [5.74, 6) is -1.03. The molecule has 0 unspecified atom stereocenters. The maximum absolute atomic E-state index is 11.4. The second-order valence-corrected chi connectivity index (χ2v) is 7.23. The predicted molar refractivity (Wildman–Crippen MR) is 93.4 cm³/mol. The van der Waals surface area contributed by atoms with Crippen molar-refractivity contribution in [2.45, 2.75) is 0 Å². The van der Waals surface area contributed by atoms with Gasteiger partial charge >= 0.3 is 5.97 Å². The SMILES string of the molecule is CS(=O)(=O)Nc1ccc2c(C#N)cn(-c3ccc(C(=O)O)cc3)c2c1. The molecule has 1 aromatic heterocycles. The normalized spacial score (nSPS) is 11.2. The lowest BCUT2D eigenvalue weighted by atomic mass is 10.2. The molecule has 0 spiro atoms. The van der Waals surface area contributed by atoms with Crippen molar-refractivity contribution in [2.75, 3.05) is 11.0 Å². The summed E-state index contributed by atoms with van der Waals surface area (Å²) in [5, 5.41) is 19.0. The van der Waals surface area contributed by atoms with Crippen LogP contribution in [0.1, 0.15) is 15.9 Å². The molecule has 0 aliphatic heterocycles. The molecule has 25 heavy (non-hydrogen) atoms. The monoisotopic (exact) mass is 355 g/mol. The molecule has 126 valence electrons. The van der Waals surface area contributed by atoms with E-state index in [1.54, 1.807) is 41.1 Å². The van der Waals surface area contributed by atoms with Gasteiger partial charge in [-0.2, -0.15) is 5.26 Å². The third kappa shape index (κ3) is 3.32. The summed E-state index contributed by atoms with van der Waals surface area (Å²) in [7, 11) is -3.43. The molecule has 3 aromatic rings. The van der Waals surface area contributed by atoms with Crippen LogP contribution in [0.15, 0.2) is 48.7 Å². The number of nitrogens with zero attached hydrogens (tertiary/aromatic N) is 2. The number of carboxylic acids is 1. The van der Waals surface area contributed by atoms with E-state index in [-0.39, 0.29) is 5.56 Å².